The molecule has 0 bridgehead atoms. The monoisotopic (exact) mass is 282 g/mol. The molecule has 0 unspecified atom stereocenters. The summed E-state index contributed by atoms with van der Waals surface area (Å²) in [6.07, 6.45) is 0. The molecule has 0 aliphatic carbocycles. The minimum atomic E-state index is -4.12. The van der Waals surface area contributed by atoms with Gasteiger partial charge in [-0.3, -0.25) is 0 Å². The number of rotatable bonds is 0. The second-order valence-electron chi connectivity index (χ2n) is 0.383. The van der Waals surface area contributed by atoms with Gasteiger partial charge in [0.1, 0.15) is 0 Å². The standard InChI is InChI=1S/2F3P.Ru.4H/c2*1-4(2)3;;;;;. The van der Waals surface area contributed by atoms with E-state index < -0.39 is 17.7 Å². The molecule has 0 aromatic heterocycles. The van der Waals surface area contributed by atoms with Crippen molar-refractivity contribution < 1.29 is 44.7 Å². The molecule has 0 radical (unpaired) electrons. The van der Waals surface area contributed by atoms with Crippen LogP contribution in [0.3, 0.4) is 0 Å². The second-order valence-corrected chi connectivity index (χ2v) is 1.15. The molecule has 0 saturated heterocycles. The predicted octanol–water partition coefficient (Wildman–Crippen LogP) is 3.17. The summed E-state index contributed by atoms with van der Waals surface area (Å²) >= 11 is 0. The van der Waals surface area contributed by atoms with Crippen molar-refractivity contribution in [3.05, 3.63) is 0 Å². The molecule has 0 saturated carbocycles. The first kappa shape index (κ1) is 16.6. The van der Waals surface area contributed by atoms with Gasteiger partial charge in [0.25, 0.3) is 0 Å². The first-order valence-corrected chi connectivity index (χ1v) is 3.04. The van der Waals surface area contributed by atoms with Crippen LogP contribution in [0.1, 0.15) is 0 Å². The van der Waals surface area contributed by atoms with Crippen LogP contribution >= 0.6 is 17.7 Å². The van der Waals surface area contributed by atoms with E-state index in [-0.39, 0.29) is 19.5 Å². The first-order chi connectivity index (χ1) is 3.46. The van der Waals surface area contributed by atoms with E-state index in [0.717, 1.165) is 0 Å². The summed E-state index contributed by atoms with van der Waals surface area (Å²) in [6, 6.07) is 0. The quantitative estimate of drug-likeness (QED) is 0.363. The third-order valence-electron chi connectivity index (χ3n) is 0. The molecular weight excluding hydrogens is 277 g/mol. The van der Waals surface area contributed by atoms with Gasteiger partial charge in [-0.25, -0.2) is 0 Å². The van der Waals surface area contributed by atoms with Crippen LogP contribution in [0.5, 0.6) is 0 Å². The van der Waals surface area contributed by atoms with E-state index in [2.05, 4.69) is 0 Å². The van der Waals surface area contributed by atoms with Crippen LogP contribution in [0.4, 0.5) is 25.2 Å². The maximum atomic E-state index is 9.73. The third-order valence-corrected chi connectivity index (χ3v) is 0. The normalized spacial score (nSPS) is 8.00. The molecule has 0 spiro atoms. The molecule has 0 N–H and O–H groups in total. The van der Waals surface area contributed by atoms with E-state index in [0.29, 0.717) is 0 Å². The van der Waals surface area contributed by atoms with E-state index >= 15 is 0 Å². The molecule has 9 heavy (non-hydrogen) atoms. The van der Waals surface area contributed by atoms with E-state index in [1.807, 2.05) is 0 Å². The molecule has 0 rings (SSSR count). The van der Waals surface area contributed by atoms with Gasteiger partial charge >= 0.3 is 37.2 Å². The summed E-state index contributed by atoms with van der Waals surface area (Å²) in [5, 5.41) is 0. The maximum absolute atomic E-state index is 9.73. The molecule has 0 amide bonds. The Hall–Kier alpha value is 1.06. The fourth-order valence-electron chi connectivity index (χ4n) is 0. The zero-order valence-electron chi connectivity index (χ0n) is 3.66. The van der Waals surface area contributed by atoms with Crippen molar-refractivity contribution in [2.75, 3.05) is 0 Å². The van der Waals surface area contributed by atoms with Crippen molar-refractivity contribution in [3.8, 4) is 0 Å². The third kappa shape index (κ3) is 400. The fourth-order valence-corrected chi connectivity index (χ4v) is 0. The molecule has 0 aliphatic rings. The Morgan fingerprint density at radius 3 is 0.556 bits per heavy atom. The van der Waals surface area contributed by atoms with Gasteiger partial charge in [-0.2, -0.15) is 25.2 Å². The van der Waals surface area contributed by atoms with Gasteiger partial charge in [0, 0.05) is 0 Å². The Labute approximate surface area is 63.0 Å². The summed E-state index contributed by atoms with van der Waals surface area (Å²) in [6.45, 7) is 0. The Morgan fingerprint density at radius 1 is 0.556 bits per heavy atom. The molecule has 0 aliphatic heterocycles. The van der Waals surface area contributed by atoms with Crippen molar-refractivity contribution in [1.29, 1.82) is 0 Å². The van der Waals surface area contributed by atoms with Crippen molar-refractivity contribution in [1.82, 2.24) is 0 Å². The zero-order valence-corrected chi connectivity index (χ0v) is 7.91. The van der Waals surface area contributed by atoms with Crippen molar-refractivity contribution in [2.24, 2.45) is 0 Å². The van der Waals surface area contributed by atoms with Crippen molar-refractivity contribution in [3.63, 3.8) is 0 Å². The van der Waals surface area contributed by atoms with Crippen molar-refractivity contribution >= 4 is 17.7 Å². The summed E-state index contributed by atoms with van der Waals surface area (Å²) in [7, 11) is -8.24. The van der Waals surface area contributed by atoms with Crippen LogP contribution in [0.25, 0.3) is 0 Å². The van der Waals surface area contributed by atoms with Gasteiger partial charge in [0.15, 0.2) is 0 Å². The van der Waals surface area contributed by atoms with Gasteiger partial charge in [0.05, 0.1) is 0 Å². The van der Waals surface area contributed by atoms with Crippen LogP contribution in [0.15, 0.2) is 0 Å². The first-order valence-electron chi connectivity index (χ1n) is 1.01. The Balaban J connectivity index is -0.0000000720. The van der Waals surface area contributed by atoms with Crippen molar-refractivity contribution in [2.45, 2.75) is 0 Å². The Bertz CT molecular complexity index is 26.5. The van der Waals surface area contributed by atoms with Crippen LogP contribution in [-0.2, 0) is 19.5 Å². The summed E-state index contributed by atoms with van der Waals surface area (Å²) in [5.74, 6) is 0. The number of halogens is 6. The Morgan fingerprint density at radius 2 is 0.556 bits per heavy atom. The van der Waals surface area contributed by atoms with E-state index in [1.165, 1.54) is 0 Å². The molecule has 0 aromatic rings. The molecule has 0 nitrogen and oxygen atoms in total. The molecule has 9 heteroatoms. The van der Waals surface area contributed by atoms with Gasteiger partial charge in [0.2, 0.25) is 0 Å². The van der Waals surface area contributed by atoms with Crippen LogP contribution in [0, 0.1) is 0 Å². The number of hydrogen-bond donors (Lipinski definition) is 0. The predicted molar refractivity (Wildman–Crippen MR) is 26.1 cm³/mol. The van der Waals surface area contributed by atoms with Gasteiger partial charge in [-0.05, 0) is 0 Å². The van der Waals surface area contributed by atoms with E-state index in [1.54, 1.807) is 0 Å². The Kier molecular flexibility index (Phi) is 21.7. The van der Waals surface area contributed by atoms with Gasteiger partial charge < -0.3 is 0 Å². The molecular formula is H4F6P2Ru. The van der Waals surface area contributed by atoms with Crippen LogP contribution in [-0.4, -0.2) is 0 Å². The van der Waals surface area contributed by atoms with E-state index in [4.69, 9.17) is 0 Å². The SMILES string of the molecule is FP(F)F.FP(F)F.[RuH4]. The van der Waals surface area contributed by atoms with Crippen LogP contribution in [0.2, 0.25) is 0 Å². The molecule has 0 aromatic carbocycles. The zero-order chi connectivity index (χ0) is 7.15. The summed E-state index contributed by atoms with van der Waals surface area (Å²) in [5.41, 5.74) is 0. The molecule has 64 valence electrons. The number of hydrogen-bond acceptors (Lipinski definition) is 0. The van der Waals surface area contributed by atoms with Crippen LogP contribution < -0.4 is 0 Å². The molecule has 0 heterocycles. The second kappa shape index (κ2) is 11.8. The van der Waals surface area contributed by atoms with Gasteiger partial charge in [-0.15, -0.1) is 0 Å². The average Bonchev–Trinajstić information content (AvgIpc) is 1.25. The minimum absolute atomic E-state index is 0. The average molecular weight is 281 g/mol. The summed E-state index contributed by atoms with van der Waals surface area (Å²) < 4.78 is 58.4. The molecule has 0 atom stereocenters. The fraction of sp³-hybridized carbons (Fsp3) is 0. The topological polar surface area (TPSA) is 0 Å². The summed E-state index contributed by atoms with van der Waals surface area (Å²) in [4.78, 5) is 0. The van der Waals surface area contributed by atoms with E-state index in [9.17, 15) is 25.2 Å². The molecule has 0 fully saturated rings. The van der Waals surface area contributed by atoms with Gasteiger partial charge in [-0.1, -0.05) is 0 Å².